The standard InChI is InChI=1S/C15H12N2S.ClH/c18-15-16-11-14(12-7-3-1-4-8-12)17(15)13-9-5-2-6-10-13;/h1-11H,(H,16,18);1H. The fraction of sp³-hybridized carbons (Fsp3) is 0. The van der Waals surface area contributed by atoms with Crippen LogP contribution < -0.4 is 0 Å². The van der Waals surface area contributed by atoms with E-state index in [2.05, 4.69) is 29.2 Å². The van der Waals surface area contributed by atoms with Gasteiger partial charge < -0.3 is 4.98 Å². The number of hydrogen-bond donors (Lipinski definition) is 1. The molecule has 0 aliphatic heterocycles. The molecule has 0 aliphatic carbocycles. The highest BCUT2D eigenvalue weighted by molar-refractivity contribution is 7.71. The number of nitrogens with zero attached hydrogens (tertiary/aromatic N) is 1. The Balaban J connectivity index is 0.00000133. The third-order valence-corrected chi connectivity index (χ3v) is 3.16. The third kappa shape index (κ3) is 2.62. The molecule has 3 rings (SSSR count). The number of nitrogens with one attached hydrogen (secondary N) is 1. The van der Waals surface area contributed by atoms with Crippen molar-refractivity contribution in [1.82, 2.24) is 9.55 Å². The first-order valence-corrected chi connectivity index (χ1v) is 6.18. The van der Waals surface area contributed by atoms with Crippen molar-refractivity contribution >= 4 is 24.6 Å². The predicted octanol–water partition coefficient (Wildman–Crippen LogP) is 4.62. The Labute approximate surface area is 123 Å². The Bertz CT molecular complexity index is 702. The summed E-state index contributed by atoms with van der Waals surface area (Å²) in [6.07, 6.45) is 1.95. The topological polar surface area (TPSA) is 20.7 Å². The first-order chi connectivity index (χ1) is 8.86. The van der Waals surface area contributed by atoms with Crippen molar-refractivity contribution in [3.8, 4) is 16.9 Å². The highest BCUT2D eigenvalue weighted by Gasteiger charge is 2.07. The quantitative estimate of drug-likeness (QED) is 0.682. The van der Waals surface area contributed by atoms with Crippen molar-refractivity contribution in [3.63, 3.8) is 0 Å². The highest BCUT2D eigenvalue weighted by Crippen LogP contribution is 2.22. The maximum absolute atomic E-state index is 5.36. The van der Waals surface area contributed by atoms with E-state index in [1.165, 1.54) is 0 Å². The largest absolute Gasteiger partial charge is 0.336 e. The first-order valence-electron chi connectivity index (χ1n) is 5.77. The Morgan fingerprint density at radius 2 is 1.42 bits per heavy atom. The van der Waals surface area contributed by atoms with Gasteiger partial charge in [-0.15, -0.1) is 12.4 Å². The summed E-state index contributed by atoms with van der Waals surface area (Å²) in [6.45, 7) is 0. The molecule has 2 nitrogen and oxygen atoms in total. The number of hydrogen-bond acceptors (Lipinski definition) is 1. The molecular weight excluding hydrogens is 276 g/mol. The average molecular weight is 289 g/mol. The molecule has 0 amide bonds. The van der Waals surface area contributed by atoms with Gasteiger partial charge in [0.25, 0.3) is 0 Å². The second-order valence-corrected chi connectivity index (χ2v) is 4.40. The molecule has 0 spiro atoms. The molecular formula is C15H13ClN2S. The summed E-state index contributed by atoms with van der Waals surface area (Å²) in [7, 11) is 0. The Morgan fingerprint density at radius 3 is 2.05 bits per heavy atom. The lowest BCUT2D eigenvalue weighted by Gasteiger charge is -2.08. The van der Waals surface area contributed by atoms with E-state index in [9.17, 15) is 0 Å². The maximum atomic E-state index is 5.36. The van der Waals surface area contributed by atoms with E-state index in [0.717, 1.165) is 16.9 Å². The smallest absolute Gasteiger partial charge is 0.182 e. The van der Waals surface area contributed by atoms with Gasteiger partial charge in [0.1, 0.15) is 0 Å². The zero-order valence-electron chi connectivity index (χ0n) is 10.1. The van der Waals surface area contributed by atoms with Crippen LogP contribution in [-0.2, 0) is 0 Å². The lowest BCUT2D eigenvalue weighted by Crippen LogP contribution is -1.96. The molecule has 0 radical (unpaired) electrons. The van der Waals surface area contributed by atoms with Gasteiger partial charge in [-0.3, -0.25) is 4.57 Å². The number of halogens is 1. The van der Waals surface area contributed by atoms with Crippen LogP contribution >= 0.6 is 24.6 Å². The molecule has 3 aromatic rings. The molecule has 0 saturated carbocycles. The lowest BCUT2D eigenvalue weighted by molar-refractivity contribution is 1.04. The van der Waals surface area contributed by atoms with E-state index < -0.39 is 0 Å². The summed E-state index contributed by atoms with van der Waals surface area (Å²) in [5, 5.41) is 0. The van der Waals surface area contributed by atoms with Crippen LogP contribution in [0.5, 0.6) is 0 Å². The predicted molar refractivity (Wildman–Crippen MR) is 83.6 cm³/mol. The minimum Gasteiger partial charge on any atom is -0.336 e. The van der Waals surface area contributed by atoms with Crippen molar-refractivity contribution in [1.29, 1.82) is 0 Å². The van der Waals surface area contributed by atoms with Gasteiger partial charge in [-0.1, -0.05) is 48.5 Å². The van der Waals surface area contributed by atoms with Crippen molar-refractivity contribution in [3.05, 3.63) is 71.6 Å². The van der Waals surface area contributed by atoms with Gasteiger partial charge in [0.15, 0.2) is 4.77 Å². The SMILES string of the molecule is Cl.S=c1[nH]cc(-c2ccccc2)n1-c1ccccc1. The van der Waals surface area contributed by atoms with Crippen molar-refractivity contribution in [2.24, 2.45) is 0 Å². The third-order valence-electron chi connectivity index (χ3n) is 2.86. The molecule has 1 heterocycles. The molecule has 0 bridgehead atoms. The number of imidazole rings is 1. The fourth-order valence-electron chi connectivity index (χ4n) is 2.02. The number of H-pyrrole nitrogens is 1. The molecule has 4 heteroatoms. The highest BCUT2D eigenvalue weighted by atomic mass is 35.5. The molecule has 1 N–H and O–H groups in total. The van der Waals surface area contributed by atoms with Crippen molar-refractivity contribution in [2.45, 2.75) is 0 Å². The minimum absolute atomic E-state index is 0. The summed E-state index contributed by atoms with van der Waals surface area (Å²) < 4.78 is 2.75. The number of rotatable bonds is 2. The summed E-state index contributed by atoms with van der Waals surface area (Å²) in [5.41, 5.74) is 3.29. The van der Waals surface area contributed by atoms with E-state index in [-0.39, 0.29) is 12.4 Å². The molecule has 0 atom stereocenters. The van der Waals surface area contributed by atoms with Crippen LogP contribution in [0.4, 0.5) is 0 Å². The van der Waals surface area contributed by atoms with Crippen LogP contribution in [0.15, 0.2) is 66.9 Å². The number of aromatic nitrogens is 2. The molecule has 1 aromatic heterocycles. The van der Waals surface area contributed by atoms with Crippen LogP contribution in [-0.4, -0.2) is 9.55 Å². The summed E-state index contributed by atoms with van der Waals surface area (Å²) in [5.74, 6) is 0. The molecule has 0 saturated heterocycles. The zero-order valence-corrected chi connectivity index (χ0v) is 11.7. The van der Waals surface area contributed by atoms with Gasteiger partial charge in [-0.05, 0) is 24.4 Å². The van der Waals surface area contributed by atoms with Crippen LogP contribution in [0.1, 0.15) is 0 Å². The average Bonchev–Trinajstić information content (AvgIpc) is 2.83. The monoisotopic (exact) mass is 288 g/mol. The number of benzene rings is 2. The van der Waals surface area contributed by atoms with Gasteiger partial charge in [0.05, 0.1) is 5.69 Å². The van der Waals surface area contributed by atoms with Gasteiger partial charge in [0.2, 0.25) is 0 Å². The van der Waals surface area contributed by atoms with Crippen molar-refractivity contribution in [2.75, 3.05) is 0 Å². The van der Waals surface area contributed by atoms with E-state index >= 15 is 0 Å². The number of aromatic amines is 1. The Morgan fingerprint density at radius 1 is 0.842 bits per heavy atom. The maximum Gasteiger partial charge on any atom is 0.182 e. The second-order valence-electron chi connectivity index (χ2n) is 4.02. The van der Waals surface area contributed by atoms with Gasteiger partial charge in [0, 0.05) is 17.4 Å². The van der Waals surface area contributed by atoms with Crippen LogP contribution in [0, 0.1) is 4.77 Å². The van der Waals surface area contributed by atoms with Crippen LogP contribution in [0.2, 0.25) is 0 Å². The minimum atomic E-state index is 0. The van der Waals surface area contributed by atoms with E-state index in [1.807, 2.05) is 47.2 Å². The van der Waals surface area contributed by atoms with Gasteiger partial charge >= 0.3 is 0 Å². The molecule has 0 fully saturated rings. The zero-order chi connectivity index (χ0) is 12.4. The Hall–Kier alpha value is -1.84. The normalized spacial score (nSPS) is 9.89. The second kappa shape index (κ2) is 5.87. The fourth-order valence-corrected chi connectivity index (χ4v) is 2.29. The van der Waals surface area contributed by atoms with Crippen molar-refractivity contribution < 1.29 is 0 Å². The molecule has 0 aliphatic rings. The van der Waals surface area contributed by atoms with Crippen LogP contribution in [0.25, 0.3) is 16.9 Å². The van der Waals surface area contributed by atoms with E-state index in [1.54, 1.807) is 0 Å². The lowest BCUT2D eigenvalue weighted by atomic mass is 10.1. The molecule has 19 heavy (non-hydrogen) atoms. The van der Waals surface area contributed by atoms with Gasteiger partial charge in [-0.2, -0.15) is 0 Å². The summed E-state index contributed by atoms with van der Waals surface area (Å²) in [4.78, 5) is 3.11. The Kier molecular flexibility index (Phi) is 4.20. The summed E-state index contributed by atoms with van der Waals surface area (Å²) in [6, 6.07) is 20.4. The molecule has 96 valence electrons. The summed E-state index contributed by atoms with van der Waals surface area (Å²) >= 11 is 5.36. The molecule has 0 unspecified atom stereocenters. The van der Waals surface area contributed by atoms with Crippen LogP contribution in [0.3, 0.4) is 0 Å². The number of para-hydroxylation sites is 1. The molecule has 2 aromatic carbocycles. The van der Waals surface area contributed by atoms with Gasteiger partial charge in [-0.25, -0.2) is 0 Å². The van der Waals surface area contributed by atoms with E-state index in [0.29, 0.717) is 4.77 Å². The van der Waals surface area contributed by atoms with E-state index in [4.69, 9.17) is 12.2 Å². The first kappa shape index (κ1) is 13.6.